The van der Waals surface area contributed by atoms with Gasteiger partial charge >= 0.3 is 6.09 Å². The maximum Gasteiger partial charge on any atom is 0.410 e. The smallest absolute Gasteiger partial charge is 0.410 e. The van der Waals surface area contributed by atoms with Crippen LogP contribution in [0.25, 0.3) is 0 Å². The number of carbonyl (C=O) groups excluding carboxylic acids is 3. The molecule has 0 aliphatic carbocycles. The molecule has 31 heavy (non-hydrogen) atoms. The number of carbonyl (C=O) groups is 3. The zero-order valence-corrected chi connectivity index (χ0v) is 18.6. The van der Waals surface area contributed by atoms with Crippen molar-refractivity contribution in [1.82, 2.24) is 15.1 Å². The number of amides is 3. The zero-order chi connectivity index (χ0) is 22.2. The fraction of sp³-hybridized carbons (Fsp3) is 0.609. The van der Waals surface area contributed by atoms with Gasteiger partial charge in [-0.15, -0.1) is 0 Å². The fourth-order valence-electron chi connectivity index (χ4n) is 4.44. The molecule has 3 amide bonds. The van der Waals surface area contributed by atoms with E-state index in [0.29, 0.717) is 32.0 Å². The lowest BCUT2D eigenvalue weighted by atomic mass is 9.90. The van der Waals surface area contributed by atoms with Crippen molar-refractivity contribution in [3.8, 4) is 0 Å². The molecule has 3 saturated heterocycles. The van der Waals surface area contributed by atoms with E-state index in [2.05, 4.69) is 27.2 Å². The normalized spacial score (nSPS) is 23.4. The van der Waals surface area contributed by atoms with Crippen LogP contribution in [-0.4, -0.2) is 78.6 Å². The van der Waals surface area contributed by atoms with E-state index in [0.717, 1.165) is 37.4 Å². The summed E-state index contributed by atoms with van der Waals surface area (Å²) in [5.74, 6) is -0.636. The molecule has 1 aromatic carbocycles. The average Bonchev–Trinajstić information content (AvgIpc) is 2.66. The molecule has 3 aliphatic heterocycles. The van der Waals surface area contributed by atoms with Gasteiger partial charge in [0.05, 0.1) is 5.92 Å². The standard InChI is InChI=1S/C23H32N4O4/c1-23(2,3)31-22(30)26-11-9-25(10-12-26)18-14-27(15-18)17-6-4-5-16(13-17)19-7-8-20(28)24-21(19)29/h4-6,13,18-19H,7-12,14-15H2,1-3H3,(H,24,28,29). The summed E-state index contributed by atoms with van der Waals surface area (Å²) < 4.78 is 5.48. The minimum absolute atomic E-state index is 0.185. The highest BCUT2D eigenvalue weighted by Gasteiger charge is 2.36. The fourth-order valence-corrected chi connectivity index (χ4v) is 4.44. The van der Waals surface area contributed by atoms with Crippen molar-refractivity contribution in [1.29, 1.82) is 0 Å². The van der Waals surface area contributed by atoms with Crippen molar-refractivity contribution in [2.24, 2.45) is 0 Å². The van der Waals surface area contributed by atoms with Crippen LogP contribution in [0.3, 0.4) is 0 Å². The monoisotopic (exact) mass is 428 g/mol. The molecule has 0 radical (unpaired) electrons. The van der Waals surface area contributed by atoms with E-state index in [-0.39, 0.29) is 23.8 Å². The first-order valence-electron chi connectivity index (χ1n) is 11.1. The summed E-state index contributed by atoms with van der Waals surface area (Å²) in [4.78, 5) is 42.4. The van der Waals surface area contributed by atoms with Gasteiger partial charge in [-0.25, -0.2) is 4.79 Å². The number of hydrogen-bond donors (Lipinski definition) is 1. The van der Waals surface area contributed by atoms with Crippen molar-refractivity contribution in [2.75, 3.05) is 44.2 Å². The number of piperidine rings is 1. The summed E-state index contributed by atoms with van der Waals surface area (Å²) >= 11 is 0. The molecular formula is C23H32N4O4. The van der Waals surface area contributed by atoms with Crippen LogP contribution in [0.15, 0.2) is 24.3 Å². The van der Waals surface area contributed by atoms with E-state index in [4.69, 9.17) is 4.74 Å². The highest BCUT2D eigenvalue weighted by Crippen LogP contribution is 2.30. The average molecular weight is 429 g/mol. The number of rotatable bonds is 3. The Labute approximate surface area is 183 Å². The number of piperazine rings is 1. The van der Waals surface area contributed by atoms with Crippen molar-refractivity contribution < 1.29 is 19.1 Å². The van der Waals surface area contributed by atoms with Crippen molar-refractivity contribution in [3.63, 3.8) is 0 Å². The highest BCUT2D eigenvalue weighted by atomic mass is 16.6. The Morgan fingerprint density at radius 3 is 2.45 bits per heavy atom. The number of ether oxygens (including phenoxy) is 1. The summed E-state index contributed by atoms with van der Waals surface area (Å²) in [5.41, 5.74) is 1.62. The van der Waals surface area contributed by atoms with Gasteiger partial charge in [-0.3, -0.25) is 19.8 Å². The molecule has 1 N–H and O–H groups in total. The first-order chi connectivity index (χ1) is 14.7. The molecule has 1 aromatic rings. The molecule has 8 nitrogen and oxygen atoms in total. The van der Waals surface area contributed by atoms with Crippen LogP contribution < -0.4 is 10.2 Å². The molecule has 3 fully saturated rings. The van der Waals surface area contributed by atoms with E-state index in [9.17, 15) is 14.4 Å². The second-order valence-corrected chi connectivity index (χ2v) is 9.66. The van der Waals surface area contributed by atoms with Crippen LogP contribution in [0.5, 0.6) is 0 Å². The maximum atomic E-state index is 12.2. The van der Waals surface area contributed by atoms with Crippen LogP contribution in [0.2, 0.25) is 0 Å². The topological polar surface area (TPSA) is 82.2 Å². The number of imide groups is 1. The summed E-state index contributed by atoms with van der Waals surface area (Å²) in [6.45, 7) is 10.6. The van der Waals surface area contributed by atoms with Crippen molar-refractivity contribution in [2.45, 2.75) is 51.2 Å². The molecule has 3 aliphatic rings. The summed E-state index contributed by atoms with van der Waals surface area (Å²) in [6.07, 6.45) is 0.730. The summed E-state index contributed by atoms with van der Waals surface area (Å²) in [5, 5.41) is 2.44. The Bertz CT molecular complexity index is 851. The number of hydrogen-bond acceptors (Lipinski definition) is 6. The minimum atomic E-state index is -0.467. The van der Waals surface area contributed by atoms with Gasteiger partial charge in [0.15, 0.2) is 0 Å². The third-order valence-corrected chi connectivity index (χ3v) is 6.22. The molecule has 3 heterocycles. The molecule has 0 aromatic heterocycles. The molecular weight excluding hydrogens is 396 g/mol. The second-order valence-electron chi connectivity index (χ2n) is 9.66. The van der Waals surface area contributed by atoms with E-state index in [1.807, 2.05) is 32.9 Å². The lowest BCUT2D eigenvalue weighted by Gasteiger charge is -2.49. The Balaban J connectivity index is 1.28. The largest absolute Gasteiger partial charge is 0.444 e. The highest BCUT2D eigenvalue weighted by molar-refractivity contribution is 6.01. The minimum Gasteiger partial charge on any atom is -0.444 e. The van der Waals surface area contributed by atoms with Gasteiger partial charge in [-0.1, -0.05) is 12.1 Å². The van der Waals surface area contributed by atoms with Gasteiger partial charge in [0.1, 0.15) is 5.60 Å². The van der Waals surface area contributed by atoms with Gasteiger partial charge in [0.25, 0.3) is 0 Å². The van der Waals surface area contributed by atoms with Gasteiger partial charge < -0.3 is 14.5 Å². The Morgan fingerprint density at radius 2 is 1.81 bits per heavy atom. The summed E-state index contributed by atoms with van der Waals surface area (Å²) in [7, 11) is 0. The van der Waals surface area contributed by atoms with Gasteiger partial charge in [0.2, 0.25) is 11.8 Å². The SMILES string of the molecule is CC(C)(C)OC(=O)N1CCN(C2CN(c3cccc(C4CCC(=O)NC4=O)c3)C2)CC1. The van der Waals surface area contributed by atoms with E-state index in [1.54, 1.807) is 4.90 Å². The molecule has 1 unspecified atom stereocenters. The summed E-state index contributed by atoms with van der Waals surface area (Å²) in [6, 6.07) is 8.58. The van der Waals surface area contributed by atoms with E-state index >= 15 is 0 Å². The van der Waals surface area contributed by atoms with Crippen LogP contribution in [0, 0.1) is 0 Å². The number of anilines is 1. The van der Waals surface area contributed by atoms with Gasteiger partial charge in [-0.2, -0.15) is 0 Å². The molecule has 0 bridgehead atoms. The Hall–Kier alpha value is -2.61. The number of nitrogens with one attached hydrogen (secondary N) is 1. The van der Waals surface area contributed by atoms with E-state index in [1.165, 1.54) is 0 Å². The van der Waals surface area contributed by atoms with Crippen molar-refractivity contribution >= 4 is 23.6 Å². The lowest BCUT2D eigenvalue weighted by molar-refractivity contribution is -0.134. The molecule has 8 heteroatoms. The third kappa shape index (κ3) is 5.01. The third-order valence-electron chi connectivity index (χ3n) is 6.22. The molecule has 168 valence electrons. The Kier molecular flexibility index (Phi) is 5.92. The van der Waals surface area contributed by atoms with Crippen LogP contribution in [-0.2, 0) is 14.3 Å². The number of nitrogens with zero attached hydrogens (tertiary/aromatic N) is 3. The first-order valence-corrected chi connectivity index (χ1v) is 11.1. The quantitative estimate of drug-likeness (QED) is 0.741. The second kappa shape index (κ2) is 8.49. The Morgan fingerprint density at radius 1 is 1.10 bits per heavy atom. The predicted molar refractivity (Wildman–Crippen MR) is 117 cm³/mol. The molecule has 0 saturated carbocycles. The van der Waals surface area contributed by atoms with Crippen LogP contribution in [0.4, 0.5) is 10.5 Å². The molecule has 0 spiro atoms. The van der Waals surface area contributed by atoms with Crippen LogP contribution >= 0.6 is 0 Å². The molecule has 1 atom stereocenters. The van der Waals surface area contributed by atoms with Crippen molar-refractivity contribution in [3.05, 3.63) is 29.8 Å². The zero-order valence-electron chi connectivity index (χ0n) is 18.6. The van der Waals surface area contributed by atoms with Crippen LogP contribution in [0.1, 0.15) is 45.1 Å². The molecule has 4 rings (SSSR count). The predicted octanol–water partition coefficient (Wildman–Crippen LogP) is 1.95. The van der Waals surface area contributed by atoms with Gasteiger partial charge in [-0.05, 0) is 44.9 Å². The maximum absolute atomic E-state index is 12.2. The first kappa shape index (κ1) is 21.6. The number of benzene rings is 1. The lowest BCUT2D eigenvalue weighted by Crippen LogP contribution is -2.63. The van der Waals surface area contributed by atoms with Gasteiger partial charge in [0, 0.05) is 57.4 Å². The van der Waals surface area contributed by atoms with E-state index < -0.39 is 5.60 Å².